The Balaban J connectivity index is 1.80. The zero-order chi connectivity index (χ0) is 9.80. The second kappa shape index (κ2) is 4.28. The Labute approximate surface area is 88.0 Å². The van der Waals surface area contributed by atoms with Gasteiger partial charge in [0.1, 0.15) is 12.4 Å². The summed E-state index contributed by atoms with van der Waals surface area (Å²) in [5, 5.41) is 3.40. The molecule has 1 aromatic rings. The van der Waals surface area contributed by atoms with Gasteiger partial charge in [0.15, 0.2) is 6.10 Å². The Hall–Kier alpha value is -1.29. The van der Waals surface area contributed by atoms with Crippen LogP contribution in [0.3, 0.4) is 0 Å². The highest BCUT2D eigenvalue weighted by Crippen LogP contribution is 2.10. The molecule has 1 N–H and O–H groups in total. The van der Waals surface area contributed by atoms with Crippen molar-refractivity contribution in [3.63, 3.8) is 0 Å². The van der Waals surface area contributed by atoms with Gasteiger partial charge in [-0.1, -0.05) is 18.2 Å². The van der Waals surface area contributed by atoms with E-state index >= 15 is 0 Å². The van der Waals surface area contributed by atoms with E-state index in [0.29, 0.717) is 11.8 Å². The Morgan fingerprint density at radius 1 is 1.43 bits per heavy atom. The Morgan fingerprint density at radius 2 is 2.21 bits per heavy atom. The second-order valence-electron chi connectivity index (χ2n) is 3.03. The van der Waals surface area contributed by atoms with Crippen LogP contribution in [-0.2, 0) is 4.74 Å². The molecule has 1 fully saturated rings. The van der Waals surface area contributed by atoms with Crippen LogP contribution in [0.15, 0.2) is 30.3 Å². The zero-order valence-electron chi connectivity index (χ0n) is 7.60. The quantitative estimate of drug-likeness (QED) is 0.761. The van der Waals surface area contributed by atoms with Gasteiger partial charge in [0.05, 0.1) is 6.54 Å². The molecule has 0 spiro atoms. The molecular formula is C10H11NO2S. The average molecular weight is 209 g/mol. The molecule has 1 aliphatic rings. The summed E-state index contributed by atoms with van der Waals surface area (Å²) >= 11 is 4.84. The van der Waals surface area contributed by atoms with Gasteiger partial charge in [0, 0.05) is 0 Å². The van der Waals surface area contributed by atoms with E-state index in [-0.39, 0.29) is 6.10 Å². The van der Waals surface area contributed by atoms with Crippen LogP contribution in [0, 0.1) is 0 Å². The van der Waals surface area contributed by atoms with Crippen molar-refractivity contribution in [2.75, 3.05) is 13.2 Å². The van der Waals surface area contributed by atoms with Crippen LogP contribution in [0.2, 0.25) is 0 Å². The molecule has 0 amide bonds. The van der Waals surface area contributed by atoms with E-state index in [9.17, 15) is 0 Å². The van der Waals surface area contributed by atoms with E-state index in [1.54, 1.807) is 0 Å². The maximum atomic E-state index is 5.51. The topological polar surface area (TPSA) is 30.5 Å². The summed E-state index contributed by atoms with van der Waals surface area (Å²) in [5.41, 5.74) is 0. The van der Waals surface area contributed by atoms with Gasteiger partial charge in [-0.3, -0.25) is 0 Å². The summed E-state index contributed by atoms with van der Waals surface area (Å²) in [5.74, 6) is 0.855. The molecule has 14 heavy (non-hydrogen) atoms. The van der Waals surface area contributed by atoms with Gasteiger partial charge in [0.2, 0.25) is 0 Å². The van der Waals surface area contributed by atoms with Crippen molar-refractivity contribution < 1.29 is 9.47 Å². The van der Waals surface area contributed by atoms with Crippen molar-refractivity contribution in [1.29, 1.82) is 0 Å². The number of thiocarbonyl (C=S) groups is 1. The number of hydrogen-bond donors (Lipinski definition) is 1. The third-order valence-electron chi connectivity index (χ3n) is 1.93. The molecule has 1 unspecified atom stereocenters. The lowest BCUT2D eigenvalue weighted by Gasteiger charge is -2.10. The highest BCUT2D eigenvalue weighted by atomic mass is 32.1. The fraction of sp³-hybridized carbons (Fsp3) is 0.300. The number of para-hydroxylation sites is 1. The normalized spacial score (nSPS) is 20.0. The van der Waals surface area contributed by atoms with Crippen molar-refractivity contribution >= 4 is 17.4 Å². The molecule has 1 atom stereocenters. The van der Waals surface area contributed by atoms with Crippen molar-refractivity contribution in [2.24, 2.45) is 0 Å². The van der Waals surface area contributed by atoms with Gasteiger partial charge in [-0.2, -0.15) is 0 Å². The first kappa shape index (κ1) is 9.27. The molecule has 1 aromatic carbocycles. The fourth-order valence-electron chi connectivity index (χ4n) is 1.23. The lowest BCUT2D eigenvalue weighted by atomic mass is 10.3. The summed E-state index contributed by atoms with van der Waals surface area (Å²) in [4.78, 5) is 0. The van der Waals surface area contributed by atoms with Crippen molar-refractivity contribution in [1.82, 2.24) is 5.32 Å². The minimum absolute atomic E-state index is 0.0303. The van der Waals surface area contributed by atoms with Crippen LogP contribution in [0.25, 0.3) is 0 Å². The van der Waals surface area contributed by atoms with Crippen LogP contribution >= 0.6 is 12.2 Å². The molecule has 1 saturated heterocycles. The smallest absolute Gasteiger partial charge is 0.257 e. The van der Waals surface area contributed by atoms with E-state index in [4.69, 9.17) is 21.7 Å². The zero-order valence-corrected chi connectivity index (χ0v) is 8.42. The summed E-state index contributed by atoms with van der Waals surface area (Å²) < 4.78 is 10.8. The third kappa shape index (κ3) is 2.35. The second-order valence-corrected chi connectivity index (χ2v) is 3.40. The van der Waals surface area contributed by atoms with Crippen LogP contribution in [0.5, 0.6) is 5.75 Å². The van der Waals surface area contributed by atoms with Crippen molar-refractivity contribution in [2.45, 2.75) is 6.10 Å². The Morgan fingerprint density at radius 3 is 2.86 bits per heavy atom. The maximum Gasteiger partial charge on any atom is 0.257 e. The lowest BCUT2D eigenvalue weighted by molar-refractivity contribution is 0.150. The van der Waals surface area contributed by atoms with Gasteiger partial charge in [-0.05, 0) is 24.4 Å². The van der Waals surface area contributed by atoms with E-state index in [1.165, 1.54) is 0 Å². The van der Waals surface area contributed by atoms with Gasteiger partial charge in [0.25, 0.3) is 5.17 Å². The number of rotatable bonds is 3. The van der Waals surface area contributed by atoms with Gasteiger partial charge in [-0.25, -0.2) is 0 Å². The van der Waals surface area contributed by atoms with E-state index in [1.807, 2.05) is 30.3 Å². The van der Waals surface area contributed by atoms with Gasteiger partial charge >= 0.3 is 0 Å². The van der Waals surface area contributed by atoms with Gasteiger partial charge < -0.3 is 14.8 Å². The SMILES string of the molecule is S=C1NCC(COc2ccccc2)O1. The fourth-order valence-corrected chi connectivity index (χ4v) is 1.45. The first-order chi connectivity index (χ1) is 6.84. The molecule has 0 aromatic heterocycles. The van der Waals surface area contributed by atoms with Crippen LogP contribution < -0.4 is 10.1 Å². The predicted molar refractivity (Wildman–Crippen MR) is 57.4 cm³/mol. The minimum Gasteiger partial charge on any atom is -0.490 e. The van der Waals surface area contributed by atoms with Crippen molar-refractivity contribution in [3.8, 4) is 5.75 Å². The molecule has 0 bridgehead atoms. The molecule has 2 rings (SSSR count). The molecule has 4 heteroatoms. The maximum absolute atomic E-state index is 5.51. The van der Waals surface area contributed by atoms with E-state index < -0.39 is 0 Å². The van der Waals surface area contributed by atoms with Gasteiger partial charge in [-0.15, -0.1) is 0 Å². The summed E-state index contributed by atoms with van der Waals surface area (Å²) in [6.45, 7) is 1.25. The first-order valence-electron chi connectivity index (χ1n) is 4.47. The molecule has 0 saturated carbocycles. The Bertz CT molecular complexity index is 315. The van der Waals surface area contributed by atoms with Crippen LogP contribution in [0.4, 0.5) is 0 Å². The largest absolute Gasteiger partial charge is 0.490 e. The summed E-state index contributed by atoms with van der Waals surface area (Å²) in [6, 6.07) is 9.67. The number of ether oxygens (including phenoxy) is 2. The monoisotopic (exact) mass is 209 g/mol. The molecule has 0 radical (unpaired) electrons. The first-order valence-corrected chi connectivity index (χ1v) is 4.88. The predicted octanol–water partition coefficient (Wildman–Crippen LogP) is 1.34. The molecule has 74 valence electrons. The molecule has 1 aliphatic heterocycles. The average Bonchev–Trinajstić information content (AvgIpc) is 2.63. The summed E-state index contributed by atoms with van der Waals surface area (Å²) in [7, 11) is 0. The Kier molecular flexibility index (Phi) is 2.84. The number of hydrogen-bond acceptors (Lipinski definition) is 3. The standard InChI is InChI=1S/C10H11NO2S/c14-10-11-6-9(13-10)7-12-8-4-2-1-3-5-8/h1-5,9H,6-7H2,(H,11,14). The third-order valence-corrected chi connectivity index (χ3v) is 2.17. The number of benzene rings is 1. The van der Waals surface area contributed by atoms with Crippen LogP contribution in [-0.4, -0.2) is 24.4 Å². The highest BCUT2D eigenvalue weighted by Gasteiger charge is 2.19. The minimum atomic E-state index is 0.0303. The number of nitrogens with one attached hydrogen (secondary N) is 1. The molecule has 1 heterocycles. The molecule has 0 aliphatic carbocycles. The van der Waals surface area contributed by atoms with Crippen molar-refractivity contribution in [3.05, 3.63) is 30.3 Å². The highest BCUT2D eigenvalue weighted by molar-refractivity contribution is 7.80. The molecular weight excluding hydrogens is 198 g/mol. The lowest BCUT2D eigenvalue weighted by Crippen LogP contribution is -2.21. The summed E-state index contributed by atoms with van der Waals surface area (Å²) in [6.07, 6.45) is 0.0303. The van der Waals surface area contributed by atoms with Crippen LogP contribution in [0.1, 0.15) is 0 Å². The van der Waals surface area contributed by atoms with E-state index in [2.05, 4.69) is 5.32 Å². The molecule has 3 nitrogen and oxygen atoms in total. The van der Waals surface area contributed by atoms with E-state index in [0.717, 1.165) is 12.3 Å².